The maximum Gasteiger partial charge on any atom is 0.168 e. The normalized spacial score (nSPS) is 21.5. The Morgan fingerprint density at radius 1 is 0.305 bits per heavy atom. The average molecular weight is 1170 g/mol. The van der Waals surface area contributed by atoms with Gasteiger partial charge in [-0.05, 0) is 56.9 Å². The predicted octanol–water partition coefficient (Wildman–Crippen LogP) is 15.4. The van der Waals surface area contributed by atoms with E-state index in [0.29, 0.717) is 132 Å². The van der Waals surface area contributed by atoms with Crippen molar-refractivity contribution in [3.63, 3.8) is 0 Å². The Bertz CT molecular complexity index is 1370. The standard InChI is InChI=1S/C68H128O14/c1-14-22-30-65(31-23-15-2)75-50-61(10,51-76-65)46-71-42-59(43-72-47-62(11)52-77-66(78-53-62,32-24-16-3)33-25-17-4)40-69-38-58(9)39-70-41-60(44-73-48-63(12)54-79-67(80-55-63,34-26-18-5)35-27-19-6)45-74-49-64(13)56-81-68(82-57-64,36-28-20-7)37-29-21-8/h59-60H,9,14-57H2,1-8,10-13H3. The van der Waals surface area contributed by atoms with Gasteiger partial charge in [-0.1, -0.05) is 141 Å². The molecule has 484 valence electrons. The zero-order valence-corrected chi connectivity index (χ0v) is 55.2. The summed E-state index contributed by atoms with van der Waals surface area (Å²) >= 11 is 0. The molecule has 4 aliphatic heterocycles. The van der Waals surface area contributed by atoms with E-state index in [2.05, 4.69) is 89.7 Å². The van der Waals surface area contributed by atoms with Gasteiger partial charge in [0.25, 0.3) is 0 Å². The summed E-state index contributed by atoms with van der Waals surface area (Å²) in [5.74, 6) is -1.98. The predicted molar refractivity (Wildman–Crippen MR) is 328 cm³/mol. The summed E-state index contributed by atoms with van der Waals surface area (Å²) in [5.41, 5.74) is -0.154. The minimum atomic E-state index is -0.484. The van der Waals surface area contributed by atoms with Crippen LogP contribution in [0.5, 0.6) is 0 Å². The van der Waals surface area contributed by atoms with Crippen LogP contribution in [0.4, 0.5) is 0 Å². The lowest BCUT2D eigenvalue weighted by atomic mass is 9.90. The Morgan fingerprint density at radius 3 is 0.646 bits per heavy atom. The monoisotopic (exact) mass is 1170 g/mol. The first kappa shape index (κ1) is 73.6. The van der Waals surface area contributed by atoms with E-state index in [-0.39, 0.29) is 33.5 Å². The molecule has 4 aliphatic rings. The molecular formula is C68H128O14. The maximum atomic E-state index is 6.60. The third kappa shape index (κ3) is 26.5. The second kappa shape index (κ2) is 38.6. The summed E-state index contributed by atoms with van der Waals surface area (Å²) in [6.07, 6.45) is 25.1. The number of unbranched alkanes of at least 4 members (excludes halogenated alkanes) is 8. The van der Waals surface area contributed by atoms with Crippen LogP contribution in [0.1, 0.15) is 237 Å². The van der Waals surface area contributed by atoms with Crippen LogP contribution >= 0.6 is 0 Å². The molecule has 4 fully saturated rings. The zero-order valence-electron chi connectivity index (χ0n) is 55.2. The molecule has 0 aromatic heterocycles. The van der Waals surface area contributed by atoms with Crippen molar-refractivity contribution < 1.29 is 66.3 Å². The minimum absolute atomic E-state index is 0.0197. The van der Waals surface area contributed by atoms with Gasteiger partial charge in [-0.3, -0.25) is 0 Å². The SMILES string of the molecule is C=C(COCC(COCC1(C)COC(CCCC)(CCCC)OC1)COCC1(C)COC(CCCC)(CCCC)OC1)COCC(COCC1(C)COC(CCCC)(CCCC)OC1)COCC1(C)COC(CCCC)(CCCC)OC1. The number of rotatable bonds is 48. The summed E-state index contributed by atoms with van der Waals surface area (Å²) in [6, 6.07) is 0. The molecule has 0 radical (unpaired) electrons. The van der Waals surface area contributed by atoms with Gasteiger partial charge in [-0.2, -0.15) is 0 Å². The molecule has 4 rings (SSSR count). The minimum Gasteiger partial charge on any atom is -0.380 e. The van der Waals surface area contributed by atoms with Gasteiger partial charge in [0, 0.05) is 84.9 Å². The number of hydrogen-bond acceptors (Lipinski definition) is 14. The van der Waals surface area contributed by atoms with Crippen LogP contribution in [0.3, 0.4) is 0 Å². The lowest BCUT2D eigenvalue weighted by Crippen LogP contribution is -2.50. The number of hydrogen-bond donors (Lipinski definition) is 0. The van der Waals surface area contributed by atoms with Gasteiger partial charge in [-0.15, -0.1) is 0 Å². The summed E-state index contributed by atoms with van der Waals surface area (Å²) in [4.78, 5) is 0. The van der Waals surface area contributed by atoms with Crippen molar-refractivity contribution in [1.82, 2.24) is 0 Å². The fraction of sp³-hybridized carbons (Fsp3) is 0.971. The van der Waals surface area contributed by atoms with E-state index in [1.165, 1.54) is 0 Å². The first-order valence-electron chi connectivity index (χ1n) is 33.6. The second-order valence-corrected chi connectivity index (χ2v) is 27.6. The quantitative estimate of drug-likeness (QED) is 0.0536. The Morgan fingerprint density at radius 2 is 0.476 bits per heavy atom. The maximum absolute atomic E-state index is 6.60. The molecule has 0 unspecified atom stereocenters. The highest BCUT2D eigenvalue weighted by Crippen LogP contribution is 2.41. The van der Waals surface area contributed by atoms with Crippen LogP contribution in [-0.4, -0.2) is 155 Å². The number of ether oxygens (including phenoxy) is 14. The molecule has 14 heteroatoms. The molecule has 0 bridgehead atoms. The van der Waals surface area contributed by atoms with E-state index in [1.54, 1.807) is 0 Å². The van der Waals surface area contributed by atoms with Crippen LogP contribution in [-0.2, 0) is 66.3 Å². The van der Waals surface area contributed by atoms with Gasteiger partial charge in [-0.25, -0.2) is 0 Å². The average Bonchev–Trinajstić information content (AvgIpc) is 3.54. The van der Waals surface area contributed by atoms with Crippen molar-refractivity contribution in [2.24, 2.45) is 33.5 Å². The smallest absolute Gasteiger partial charge is 0.168 e. The van der Waals surface area contributed by atoms with E-state index in [0.717, 1.165) is 160 Å². The van der Waals surface area contributed by atoms with E-state index in [9.17, 15) is 0 Å². The van der Waals surface area contributed by atoms with Crippen LogP contribution in [0.2, 0.25) is 0 Å². The third-order valence-corrected chi connectivity index (χ3v) is 17.3. The largest absolute Gasteiger partial charge is 0.380 e. The van der Waals surface area contributed by atoms with Crippen molar-refractivity contribution in [3.05, 3.63) is 12.2 Å². The van der Waals surface area contributed by atoms with E-state index in [4.69, 9.17) is 66.3 Å². The van der Waals surface area contributed by atoms with Gasteiger partial charge < -0.3 is 66.3 Å². The molecule has 4 saturated heterocycles. The molecule has 14 nitrogen and oxygen atoms in total. The van der Waals surface area contributed by atoms with Crippen molar-refractivity contribution >= 4 is 0 Å². The summed E-state index contributed by atoms with van der Waals surface area (Å²) in [5, 5.41) is 0. The van der Waals surface area contributed by atoms with Crippen molar-refractivity contribution in [1.29, 1.82) is 0 Å². The first-order valence-corrected chi connectivity index (χ1v) is 33.6. The van der Waals surface area contributed by atoms with Crippen molar-refractivity contribution in [2.75, 3.05) is 132 Å². The van der Waals surface area contributed by atoms with Crippen molar-refractivity contribution in [2.45, 2.75) is 260 Å². The Kier molecular flexibility index (Phi) is 34.6. The zero-order chi connectivity index (χ0) is 59.7. The Balaban J connectivity index is 1.34. The fourth-order valence-electron chi connectivity index (χ4n) is 11.3. The first-order chi connectivity index (χ1) is 39.4. The molecule has 0 atom stereocenters. The van der Waals surface area contributed by atoms with Gasteiger partial charge >= 0.3 is 0 Å². The van der Waals surface area contributed by atoms with Crippen LogP contribution in [0.25, 0.3) is 0 Å². The van der Waals surface area contributed by atoms with Gasteiger partial charge in [0.2, 0.25) is 0 Å². The summed E-state index contributed by atoms with van der Waals surface area (Å²) < 4.78 is 91.8. The Labute approximate surface area is 502 Å². The molecule has 82 heavy (non-hydrogen) atoms. The topological polar surface area (TPSA) is 129 Å². The van der Waals surface area contributed by atoms with Gasteiger partial charge in [0.15, 0.2) is 23.1 Å². The third-order valence-electron chi connectivity index (χ3n) is 17.3. The van der Waals surface area contributed by atoms with Crippen LogP contribution < -0.4 is 0 Å². The van der Waals surface area contributed by atoms with Crippen LogP contribution in [0, 0.1) is 33.5 Å². The molecule has 0 aromatic rings. The Hall–Kier alpha value is -0.820. The molecule has 0 saturated carbocycles. The lowest BCUT2D eigenvalue weighted by Gasteiger charge is -2.45. The molecule has 0 amide bonds. The van der Waals surface area contributed by atoms with E-state index >= 15 is 0 Å². The van der Waals surface area contributed by atoms with Crippen LogP contribution in [0.15, 0.2) is 12.2 Å². The molecule has 0 spiro atoms. The second-order valence-electron chi connectivity index (χ2n) is 27.6. The molecule has 0 aliphatic carbocycles. The van der Waals surface area contributed by atoms with E-state index in [1.807, 2.05) is 0 Å². The van der Waals surface area contributed by atoms with Crippen molar-refractivity contribution in [3.8, 4) is 0 Å². The van der Waals surface area contributed by atoms with Gasteiger partial charge in [0.05, 0.1) is 132 Å². The summed E-state index contributed by atoms with van der Waals surface area (Å²) in [7, 11) is 0. The highest BCUT2D eigenvalue weighted by atomic mass is 16.7. The fourth-order valence-corrected chi connectivity index (χ4v) is 11.3. The van der Waals surface area contributed by atoms with E-state index < -0.39 is 23.1 Å². The lowest BCUT2D eigenvalue weighted by molar-refractivity contribution is -0.314. The summed E-state index contributed by atoms with van der Waals surface area (Å²) in [6.45, 7) is 41.5. The highest BCUT2D eigenvalue weighted by molar-refractivity contribution is 4.95. The van der Waals surface area contributed by atoms with Gasteiger partial charge in [0.1, 0.15) is 0 Å². The molecule has 0 aromatic carbocycles. The molecule has 4 heterocycles. The molecule has 0 N–H and O–H groups in total. The highest BCUT2D eigenvalue weighted by Gasteiger charge is 2.46. The molecular weight excluding hydrogens is 1040 g/mol.